The van der Waals surface area contributed by atoms with Crippen LogP contribution in [0.25, 0.3) is 0 Å². The van der Waals surface area contributed by atoms with E-state index in [4.69, 9.17) is 5.26 Å². The number of amides is 1. The van der Waals surface area contributed by atoms with Crippen molar-refractivity contribution < 1.29 is 4.79 Å². The summed E-state index contributed by atoms with van der Waals surface area (Å²) in [5.74, 6) is -0.211. The number of nitrogens with zero attached hydrogens (tertiary/aromatic N) is 2. The second-order valence-corrected chi connectivity index (χ2v) is 5.20. The molecule has 1 N–H and O–H groups in total. The number of aromatic nitrogens is 1. The lowest BCUT2D eigenvalue weighted by atomic mass is 10.1. The summed E-state index contributed by atoms with van der Waals surface area (Å²) in [6.07, 6.45) is 1.73. The number of carbonyl (C=O) groups is 1. The fourth-order valence-electron chi connectivity index (χ4n) is 1.76. The summed E-state index contributed by atoms with van der Waals surface area (Å²) in [5.41, 5.74) is 2.82. The van der Waals surface area contributed by atoms with Gasteiger partial charge in [0.1, 0.15) is 0 Å². The Hall–Kier alpha value is -2.19. The molecule has 1 aromatic heterocycles. The van der Waals surface area contributed by atoms with E-state index in [1.807, 2.05) is 31.2 Å². The molecule has 1 heterocycles. The molecule has 0 saturated heterocycles. The van der Waals surface area contributed by atoms with Gasteiger partial charge in [0.2, 0.25) is 0 Å². The van der Waals surface area contributed by atoms with Crippen molar-refractivity contribution in [2.45, 2.75) is 13.3 Å². The highest BCUT2D eigenvalue weighted by molar-refractivity contribution is 9.10. The van der Waals surface area contributed by atoms with Gasteiger partial charge < -0.3 is 5.32 Å². The lowest BCUT2D eigenvalue weighted by Crippen LogP contribution is -2.13. The number of benzene rings is 1. The quantitative estimate of drug-likeness (QED) is 0.937. The summed E-state index contributed by atoms with van der Waals surface area (Å²) in [7, 11) is 0. The number of halogens is 1. The number of hydrogen-bond acceptors (Lipinski definition) is 3. The Balaban J connectivity index is 2.20. The van der Waals surface area contributed by atoms with E-state index in [0.29, 0.717) is 11.3 Å². The van der Waals surface area contributed by atoms with Gasteiger partial charge in [-0.25, -0.2) is 0 Å². The number of anilines is 1. The van der Waals surface area contributed by atoms with Crippen LogP contribution < -0.4 is 5.32 Å². The highest BCUT2D eigenvalue weighted by atomic mass is 79.9. The van der Waals surface area contributed by atoms with Gasteiger partial charge in [0.15, 0.2) is 0 Å². The molecule has 0 fully saturated rings. The van der Waals surface area contributed by atoms with Crippen molar-refractivity contribution in [3.63, 3.8) is 0 Å². The zero-order chi connectivity index (χ0) is 14.5. The third-order valence-electron chi connectivity index (χ3n) is 2.78. The normalized spacial score (nSPS) is 9.85. The number of nitriles is 1. The van der Waals surface area contributed by atoms with E-state index in [1.54, 1.807) is 12.1 Å². The molecule has 1 amide bonds. The minimum absolute atomic E-state index is 0.193. The molecule has 0 atom stereocenters. The van der Waals surface area contributed by atoms with Crippen LogP contribution in [-0.2, 0) is 6.42 Å². The number of hydrogen-bond donors (Lipinski definition) is 1. The first-order valence-corrected chi connectivity index (χ1v) is 6.79. The predicted octanol–water partition coefficient (Wildman–Crippen LogP) is 3.47. The number of rotatable bonds is 3. The third kappa shape index (κ3) is 3.43. The van der Waals surface area contributed by atoms with Crippen LogP contribution in [0.3, 0.4) is 0 Å². The van der Waals surface area contributed by atoms with E-state index in [9.17, 15) is 4.79 Å². The molecule has 0 aliphatic heterocycles. The lowest BCUT2D eigenvalue weighted by molar-refractivity contribution is 0.102. The molecule has 2 rings (SSSR count). The standard InChI is InChI=1S/C15H12BrN3O/c1-10-8-12(16)2-3-14(10)19-15(20)11-5-7-18-13(9-11)4-6-17/h2-3,5,7-9H,4H2,1H3,(H,19,20). The fourth-order valence-corrected chi connectivity index (χ4v) is 2.23. The number of aryl methyl sites for hydroxylation is 1. The van der Waals surface area contributed by atoms with Crippen LogP contribution in [0.1, 0.15) is 21.6 Å². The van der Waals surface area contributed by atoms with Gasteiger partial charge in [-0.1, -0.05) is 15.9 Å². The summed E-state index contributed by atoms with van der Waals surface area (Å²) >= 11 is 3.38. The average Bonchev–Trinajstić information content (AvgIpc) is 2.42. The van der Waals surface area contributed by atoms with E-state index in [0.717, 1.165) is 15.7 Å². The minimum Gasteiger partial charge on any atom is -0.322 e. The van der Waals surface area contributed by atoms with Gasteiger partial charge in [-0.2, -0.15) is 5.26 Å². The summed E-state index contributed by atoms with van der Waals surface area (Å²) in [4.78, 5) is 16.2. The van der Waals surface area contributed by atoms with Gasteiger partial charge in [-0.05, 0) is 42.8 Å². The van der Waals surface area contributed by atoms with Crippen molar-refractivity contribution in [2.24, 2.45) is 0 Å². The van der Waals surface area contributed by atoms with Gasteiger partial charge in [0.05, 0.1) is 18.2 Å². The van der Waals surface area contributed by atoms with Crippen molar-refractivity contribution in [1.29, 1.82) is 5.26 Å². The average molecular weight is 330 g/mol. The lowest BCUT2D eigenvalue weighted by Gasteiger charge is -2.09. The molecule has 0 radical (unpaired) electrons. The first-order valence-electron chi connectivity index (χ1n) is 5.99. The molecular formula is C15H12BrN3O. The topological polar surface area (TPSA) is 65.8 Å². The van der Waals surface area contributed by atoms with Gasteiger partial charge in [-0.3, -0.25) is 9.78 Å². The molecule has 100 valence electrons. The SMILES string of the molecule is Cc1cc(Br)ccc1NC(=O)c1ccnc(CC#N)c1. The zero-order valence-electron chi connectivity index (χ0n) is 10.9. The molecule has 2 aromatic rings. The second-order valence-electron chi connectivity index (χ2n) is 4.28. The van der Waals surface area contributed by atoms with Crippen molar-refractivity contribution in [3.8, 4) is 6.07 Å². The van der Waals surface area contributed by atoms with E-state index in [1.165, 1.54) is 6.20 Å². The van der Waals surface area contributed by atoms with Crippen molar-refractivity contribution >= 4 is 27.5 Å². The van der Waals surface area contributed by atoms with Crippen molar-refractivity contribution in [2.75, 3.05) is 5.32 Å². The van der Waals surface area contributed by atoms with E-state index < -0.39 is 0 Å². The molecule has 5 heteroatoms. The Morgan fingerprint density at radius 3 is 2.90 bits per heavy atom. The Kier molecular flexibility index (Phi) is 4.49. The van der Waals surface area contributed by atoms with Gasteiger partial charge in [-0.15, -0.1) is 0 Å². The van der Waals surface area contributed by atoms with Crippen molar-refractivity contribution in [1.82, 2.24) is 4.98 Å². The van der Waals surface area contributed by atoms with Crippen molar-refractivity contribution in [3.05, 3.63) is 57.8 Å². The maximum atomic E-state index is 12.2. The molecule has 1 aromatic carbocycles. The van der Waals surface area contributed by atoms with Crippen LogP contribution in [0.5, 0.6) is 0 Å². The van der Waals surface area contributed by atoms with Crippen LogP contribution in [0.15, 0.2) is 41.0 Å². The Bertz CT molecular complexity index is 692. The van der Waals surface area contributed by atoms with E-state index in [-0.39, 0.29) is 12.3 Å². The van der Waals surface area contributed by atoms with Gasteiger partial charge in [0.25, 0.3) is 5.91 Å². The molecule has 0 saturated carbocycles. The summed E-state index contributed by atoms with van der Waals surface area (Å²) in [5, 5.41) is 11.5. The first-order chi connectivity index (χ1) is 9.60. The Labute approximate surface area is 125 Å². The molecule has 0 spiro atoms. The maximum Gasteiger partial charge on any atom is 0.255 e. The molecule has 0 aliphatic rings. The van der Waals surface area contributed by atoms with Crippen LogP contribution in [-0.4, -0.2) is 10.9 Å². The van der Waals surface area contributed by atoms with Crippen LogP contribution in [0.2, 0.25) is 0 Å². The molecule has 4 nitrogen and oxygen atoms in total. The van der Waals surface area contributed by atoms with E-state index in [2.05, 4.69) is 26.2 Å². The second kappa shape index (κ2) is 6.31. The Morgan fingerprint density at radius 2 is 2.20 bits per heavy atom. The first kappa shape index (κ1) is 14.2. The zero-order valence-corrected chi connectivity index (χ0v) is 12.4. The maximum absolute atomic E-state index is 12.2. The Morgan fingerprint density at radius 1 is 1.40 bits per heavy atom. The minimum atomic E-state index is -0.211. The molecule has 0 unspecified atom stereocenters. The van der Waals surface area contributed by atoms with Gasteiger partial charge >= 0.3 is 0 Å². The summed E-state index contributed by atoms with van der Waals surface area (Å²) < 4.78 is 0.966. The summed E-state index contributed by atoms with van der Waals surface area (Å²) in [6, 6.07) is 10.9. The molecule has 20 heavy (non-hydrogen) atoms. The number of pyridine rings is 1. The van der Waals surface area contributed by atoms with Crippen LogP contribution in [0, 0.1) is 18.3 Å². The number of carbonyl (C=O) groups excluding carboxylic acids is 1. The summed E-state index contributed by atoms with van der Waals surface area (Å²) in [6.45, 7) is 1.92. The molecule has 0 aliphatic carbocycles. The van der Waals surface area contributed by atoms with Gasteiger partial charge in [0, 0.05) is 21.9 Å². The highest BCUT2D eigenvalue weighted by Gasteiger charge is 2.09. The largest absolute Gasteiger partial charge is 0.322 e. The smallest absolute Gasteiger partial charge is 0.255 e. The third-order valence-corrected chi connectivity index (χ3v) is 3.27. The molecular weight excluding hydrogens is 318 g/mol. The fraction of sp³-hybridized carbons (Fsp3) is 0.133. The number of nitrogens with one attached hydrogen (secondary N) is 1. The predicted molar refractivity (Wildman–Crippen MR) is 80.4 cm³/mol. The van der Waals surface area contributed by atoms with E-state index >= 15 is 0 Å². The molecule has 0 bridgehead atoms. The van der Waals surface area contributed by atoms with Crippen LogP contribution in [0.4, 0.5) is 5.69 Å². The van der Waals surface area contributed by atoms with Crippen LogP contribution >= 0.6 is 15.9 Å². The monoisotopic (exact) mass is 329 g/mol. The highest BCUT2D eigenvalue weighted by Crippen LogP contribution is 2.20.